The van der Waals surface area contributed by atoms with Gasteiger partial charge >= 0.3 is 6.18 Å². The molecule has 0 saturated heterocycles. The number of amides is 2. The molecule has 0 heterocycles. The molecule has 0 bridgehead atoms. The third-order valence-electron chi connectivity index (χ3n) is 7.72. The number of hydrogen-bond donors (Lipinski definition) is 1. The summed E-state index contributed by atoms with van der Waals surface area (Å²) >= 11 is 6.33. The lowest BCUT2D eigenvalue weighted by Crippen LogP contribution is -2.54. The summed E-state index contributed by atoms with van der Waals surface area (Å²) in [5.74, 6) is -2.23. The molecular weight excluding hydrogens is 670 g/mol. The Hall–Kier alpha value is -4.42. The Morgan fingerprint density at radius 2 is 1.50 bits per heavy atom. The normalized spacial score (nSPS) is 13.0. The maximum Gasteiger partial charge on any atom is 0.416 e. The number of anilines is 1. The van der Waals surface area contributed by atoms with Gasteiger partial charge in [-0.05, 0) is 55.3 Å². The van der Waals surface area contributed by atoms with E-state index in [1.807, 2.05) is 6.92 Å². The SMILES string of the molecule is CCC(C)NC(=O)C(Cc1ccccc1)N(Cc1ccccc1F)C(=O)CN(c1cc(C(F)(F)F)ccc1Cl)S(=O)(=O)c1ccccc1. The molecule has 254 valence electrons. The van der Waals surface area contributed by atoms with Crippen molar-refractivity contribution in [3.05, 3.63) is 131 Å². The van der Waals surface area contributed by atoms with Crippen LogP contribution in [-0.2, 0) is 38.8 Å². The van der Waals surface area contributed by atoms with Crippen LogP contribution < -0.4 is 9.62 Å². The lowest BCUT2D eigenvalue weighted by atomic mass is 10.0. The molecule has 7 nitrogen and oxygen atoms in total. The van der Waals surface area contributed by atoms with E-state index in [-0.39, 0.29) is 27.9 Å². The molecule has 2 amide bonds. The number of benzene rings is 4. The number of rotatable bonds is 13. The summed E-state index contributed by atoms with van der Waals surface area (Å²) in [6.07, 6.45) is -4.33. The van der Waals surface area contributed by atoms with Gasteiger partial charge in [0.05, 0.1) is 21.2 Å². The van der Waals surface area contributed by atoms with Crippen molar-refractivity contribution in [3.8, 4) is 0 Å². The molecule has 0 radical (unpaired) electrons. The van der Waals surface area contributed by atoms with Crippen LogP contribution in [0.2, 0.25) is 5.02 Å². The number of nitrogens with one attached hydrogen (secondary N) is 1. The third kappa shape index (κ3) is 8.93. The minimum atomic E-state index is -4.86. The van der Waals surface area contributed by atoms with Gasteiger partial charge in [0.15, 0.2) is 0 Å². The molecule has 0 aliphatic rings. The first kappa shape index (κ1) is 36.4. The topological polar surface area (TPSA) is 86.8 Å². The highest BCUT2D eigenvalue weighted by molar-refractivity contribution is 7.92. The molecule has 4 rings (SSSR count). The molecule has 0 fully saturated rings. The van der Waals surface area contributed by atoms with Gasteiger partial charge in [-0.25, -0.2) is 12.8 Å². The van der Waals surface area contributed by atoms with Crippen molar-refractivity contribution in [2.75, 3.05) is 10.8 Å². The van der Waals surface area contributed by atoms with Gasteiger partial charge in [-0.1, -0.05) is 85.3 Å². The summed E-state index contributed by atoms with van der Waals surface area (Å²) in [6, 6.07) is 21.7. The fourth-order valence-electron chi connectivity index (χ4n) is 4.92. The lowest BCUT2D eigenvalue weighted by Gasteiger charge is -2.34. The van der Waals surface area contributed by atoms with Crippen LogP contribution in [0, 0.1) is 5.82 Å². The zero-order valence-corrected chi connectivity index (χ0v) is 27.7. The predicted octanol–water partition coefficient (Wildman–Crippen LogP) is 7.25. The molecule has 1 N–H and O–H groups in total. The second kappa shape index (κ2) is 15.7. The summed E-state index contributed by atoms with van der Waals surface area (Å²) in [5, 5.41) is 2.49. The standard InChI is InChI=1S/C35H34ClF4N3O4S/c1-3-24(2)41-34(45)32(20-25-12-6-4-7-13-25)42(22-26-14-10-11-17-30(26)37)33(44)23-43(48(46,47)28-15-8-5-9-16-28)31-21-27(35(38,39)40)18-19-29(31)36/h4-19,21,24,32H,3,20,22-23H2,1-2H3,(H,41,45). The molecule has 0 aliphatic carbocycles. The number of halogens is 5. The van der Waals surface area contributed by atoms with Gasteiger partial charge in [0.1, 0.15) is 18.4 Å². The summed E-state index contributed by atoms with van der Waals surface area (Å²) in [7, 11) is -4.72. The van der Waals surface area contributed by atoms with Crippen molar-refractivity contribution in [2.45, 2.75) is 56.4 Å². The highest BCUT2D eigenvalue weighted by atomic mass is 35.5. The van der Waals surface area contributed by atoms with Crippen molar-refractivity contribution in [1.82, 2.24) is 10.2 Å². The number of nitrogens with zero attached hydrogens (tertiary/aromatic N) is 2. The Morgan fingerprint density at radius 1 is 0.896 bits per heavy atom. The zero-order valence-electron chi connectivity index (χ0n) is 26.1. The van der Waals surface area contributed by atoms with Crippen LogP contribution in [0.5, 0.6) is 0 Å². The van der Waals surface area contributed by atoms with Crippen molar-refractivity contribution in [2.24, 2.45) is 0 Å². The van der Waals surface area contributed by atoms with Crippen LogP contribution in [0.15, 0.2) is 108 Å². The molecule has 13 heteroatoms. The van der Waals surface area contributed by atoms with Gasteiger partial charge in [-0.3, -0.25) is 13.9 Å². The molecule has 2 atom stereocenters. The van der Waals surface area contributed by atoms with Gasteiger partial charge in [0, 0.05) is 24.6 Å². The molecule has 4 aromatic carbocycles. The Balaban J connectivity index is 1.88. The van der Waals surface area contributed by atoms with Crippen LogP contribution in [-0.4, -0.2) is 43.8 Å². The van der Waals surface area contributed by atoms with Crippen molar-refractivity contribution < 1.29 is 35.6 Å². The summed E-state index contributed by atoms with van der Waals surface area (Å²) < 4.78 is 85.1. The zero-order chi connectivity index (χ0) is 35.1. The monoisotopic (exact) mass is 703 g/mol. The predicted molar refractivity (Wildman–Crippen MR) is 176 cm³/mol. The fourth-order valence-corrected chi connectivity index (χ4v) is 6.63. The molecular formula is C35H34ClF4N3O4S. The van der Waals surface area contributed by atoms with E-state index in [0.29, 0.717) is 28.4 Å². The van der Waals surface area contributed by atoms with E-state index < -0.39 is 64.2 Å². The lowest BCUT2D eigenvalue weighted by molar-refractivity contribution is -0.140. The number of sulfonamides is 1. The summed E-state index contributed by atoms with van der Waals surface area (Å²) in [5.41, 5.74) is -1.10. The van der Waals surface area contributed by atoms with E-state index >= 15 is 4.39 Å². The Kier molecular flexibility index (Phi) is 11.9. The average Bonchev–Trinajstić information content (AvgIpc) is 3.06. The molecule has 2 unspecified atom stereocenters. The van der Waals surface area contributed by atoms with Crippen LogP contribution in [0.1, 0.15) is 37.0 Å². The second-order valence-corrected chi connectivity index (χ2v) is 13.4. The molecule has 0 aromatic heterocycles. The van der Waals surface area contributed by atoms with Gasteiger partial charge in [-0.2, -0.15) is 13.2 Å². The summed E-state index contributed by atoms with van der Waals surface area (Å²) in [6.45, 7) is 2.11. The summed E-state index contributed by atoms with van der Waals surface area (Å²) in [4.78, 5) is 29.0. The Labute approximate surface area is 282 Å². The minimum Gasteiger partial charge on any atom is -0.352 e. The number of alkyl halides is 3. The number of carbonyl (C=O) groups excluding carboxylic acids is 2. The highest BCUT2D eigenvalue weighted by Crippen LogP contribution is 2.37. The van der Waals surface area contributed by atoms with Gasteiger partial charge in [0.2, 0.25) is 11.8 Å². The van der Waals surface area contributed by atoms with E-state index in [4.69, 9.17) is 11.6 Å². The van der Waals surface area contributed by atoms with Crippen molar-refractivity contribution >= 4 is 39.1 Å². The second-order valence-electron chi connectivity index (χ2n) is 11.1. The quantitative estimate of drug-likeness (QED) is 0.149. The molecule has 0 spiro atoms. The molecule has 0 aliphatic heterocycles. The number of hydrogen-bond acceptors (Lipinski definition) is 4. The highest BCUT2D eigenvalue weighted by Gasteiger charge is 2.37. The molecule has 48 heavy (non-hydrogen) atoms. The maximum atomic E-state index is 15.0. The van der Waals surface area contributed by atoms with Crippen molar-refractivity contribution in [3.63, 3.8) is 0 Å². The minimum absolute atomic E-state index is 0.0287. The van der Waals surface area contributed by atoms with Gasteiger partial charge < -0.3 is 10.2 Å². The third-order valence-corrected chi connectivity index (χ3v) is 9.82. The average molecular weight is 704 g/mol. The Bertz CT molecular complexity index is 1830. The Morgan fingerprint density at radius 3 is 2.10 bits per heavy atom. The first-order chi connectivity index (χ1) is 22.7. The van der Waals surface area contributed by atoms with Crippen LogP contribution in [0.4, 0.5) is 23.2 Å². The van der Waals surface area contributed by atoms with E-state index in [1.54, 1.807) is 49.4 Å². The molecule has 4 aromatic rings. The van der Waals surface area contributed by atoms with Gasteiger partial charge in [0.25, 0.3) is 10.0 Å². The van der Waals surface area contributed by atoms with E-state index in [9.17, 15) is 31.2 Å². The first-order valence-electron chi connectivity index (χ1n) is 15.0. The molecule has 0 saturated carbocycles. The smallest absolute Gasteiger partial charge is 0.352 e. The maximum absolute atomic E-state index is 15.0. The van der Waals surface area contributed by atoms with E-state index in [1.165, 1.54) is 42.5 Å². The van der Waals surface area contributed by atoms with Gasteiger partial charge in [-0.15, -0.1) is 0 Å². The van der Waals surface area contributed by atoms with E-state index in [0.717, 1.165) is 11.0 Å². The van der Waals surface area contributed by atoms with Crippen LogP contribution >= 0.6 is 11.6 Å². The van der Waals surface area contributed by atoms with E-state index in [2.05, 4.69) is 5.32 Å². The van der Waals surface area contributed by atoms with Crippen molar-refractivity contribution in [1.29, 1.82) is 0 Å². The number of carbonyl (C=O) groups is 2. The first-order valence-corrected chi connectivity index (χ1v) is 16.9. The fraction of sp³-hybridized carbons (Fsp3) is 0.257. The van der Waals surface area contributed by atoms with Crippen LogP contribution in [0.25, 0.3) is 0 Å². The largest absolute Gasteiger partial charge is 0.416 e. The van der Waals surface area contributed by atoms with Crippen LogP contribution in [0.3, 0.4) is 0 Å².